The van der Waals surface area contributed by atoms with Crippen LogP contribution in [0.3, 0.4) is 0 Å². The molecule has 4 heteroatoms. The summed E-state index contributed by atoms with van der Waals surface area (Å²) < 4.78 is 11.0. The van der Waals surface area contributed by atoms with Gasteiger partial charge in [-0.3, -0.25) is 4.79 Å². The molecule has 4 nitrogen and oxygen atoms in total. The molecule has 1 aliphatic heterocycles. The summed E-state index contributed by atoms with van der Waals surface area (Å²) >= 11 is 0. The molecule has 1 fully saturated rings. The molecule has 1 aromatic rings. The number of carbonyl (C=O) groups is 1. The molecule has 0 aliphatic carbocycles. The number of amides is 1. The number of methoxy groups -OCH3 is 1. The van der Waals surface area contributed by atoms with Crippen molar-refractivity contribution in [1.82, 2.24) is 4.90 Å². The van der Waals surface area contributed by atoms with Gasteiger partial charge in [0.2, 0.25) is 0 Å². The van der Waals surface area contributed by atoms with Gasteiger partial charge in [-0.25, -0.2) is 0 Å². The molecule has 22 heavy (non-hydrogen) atoms. The molecule has 1 atom stereocenters. The maximum Gasteiger partial charge on any atom is 0.260 e. The van der Waals surface area contributed by atoms with Gasteiger partial charge in [0.15, 0.2) is 18.1 Å². The first-order chi connectivity index (χ1) is 10.6. The van der Waals surface area contributed by atoms with Crippen LogP contribution in [0, 0.1) is 5.92 Å². The second kappa shape index (κ2) is 7.87. The Morgan fingerprint density at radius 3 is 2.91 bits per heavy atom. The Morgan fingerprint density at radius 1 is 1.41 bits per heavy atom. The number of nitrogens with zero attached hydrogens (tertiary/aromatic N) is 1. The van der Waals surface area contributed by atoms with Gasteiger partial charge in [0.25, 0.3) is 5.91 Å². The van der Waals surface area contributed by atoms with Crippen molar-refractivity contribution in [2.75, 3.05) is 26.8 Å². The molecule has 0 radical (unpaired) electrons. The quantitative estimate of drug-likeness (QED) is 0.837. The van der Waals surface area contributed by atoms with Gasteiger partial charge in [0, 0.05) is 13.1 Å². The predicted molar refractivity (Wildman–Crippen MR) is 88.2 cm³/mol. The molecule has 1 heterocycles. The van der Waals surface area contributed by atoms with E-state index < -0.39 is 0 Å². The van der Waals surface area contributed by atoms with Crippen molar-refractivity contribution in [3.63, 3.8) is 0 Å². The van der Waals surface area contributed by atoms with Gasteiger partial charge in [-0.2, -0.15) is 0 Å². The van der Waals surface area contributed by atoms with E-state index in [4.69, 9.17) is 9.47 Å². The van der Waals surface area contributed by atoms with Gasteiger partial charge in [0.1, 0.15) is 0 Å². The number of hydrogen-bond acceptors (Lipinski definition) is 3. The molecule has 1 aliphatic rings. The molecule has 1 amide bonds. The highest BCUT2D eigenvalue weighted by molar-refractivity contribution is 5.78. The summed E-state index contributed by atoms with van der Waals surface area (Å²) in [6.45, 7) is 5.88. The fraction of sp³-hybridized carbons (Fsp3) is 0.500. The third-order valence-electron chi connectivity index (χ3n) is 3.91. The van der Waals surface area contributed by atoms with E-state index in [1.807, 2.05) is 42.2 Å². The highest BCUT2D eigenvalue weighted by atomic mass is 16.5. The van der Waals surface area contributed by atoms with Crippen LogP contribution in [0.15, 0.2) is 24.3 Å². The van der Waals surface area contributed by atoms with Gasteiger partial charge in [-0.1, -0.05) is 25.1 Å². The number of benzene rings is 1. The first-order valence-corrected chi connectivity index (χ1v) is 7.85. The fourth-order valence-corrected chi connectivity index (χ4v) is 2.75. The number of carbonyl (C=O) groups excluding carboxylic acids is 1. The van der Waals surface area contributed by atoms with E-state index in [1.54, 1.807) is 7.11 Å². The first-order valence-electron chi connectivity index (χ1n) is 7.85. The summed E-state index contributed by atoms with van der Waals surface area (Å²) in [5.74, 6) is 1.88. The highest BCUT2D eigenvalue weighted by Gasteiger charge is 2.21. The normalized spacial score (nSPS) is 18.5. The van der Waals surface area contributed by atoms with Crippen LogP contribution in [0.1, 0.15) is 32.3 Å². The Morgan fingerprint density at radius 2 is 2.23 bits per heavy atom. The van der Waals surface area contributed by atoms with E-state index in [2.05, 4.69) is 6.92 Å². The lowest BCUT2D eigenvalue weighted by Gasteiger charge is -2.30. The predicted octanol–water partition coefficient (Wildman–Crippen LogP) is 3.37. The number of hydrogen-bond donors (Lipinski definition) is 0. The van der Waals surface area contributed by atoms with Crippen molar-refractivity contribution in [2.45, 2.75) is 26.7 Å². The van der Waals surface area contributed by atoms with Gasteiger partial charge in [-0.05, 0) is 43.4 Å². The Kier molecular flexibility index (Phi) is 5.87. The third-order valence-corrected chi connectivity index (χ3v) is 3.91. The SMILES string of the molecule is CC=Cc1ccc(OCC(=O)N2CCCC(C)C2)c(OC)c1. The lowest BCUT2D eigenvalue weighted by Crippen LogP contribution is -2.41. The summed E-state index contributed by atoms with van der Waals surface area (Å²) in [4.78, 5) is 14.1. The van der Waals surface area contributed by atoms with Crippen molar-refractivity contribution in [1.29, 1.82) is 0 Å². The number of piperidine rings is 1. The van der Waals surface area contributed by atoms with E-state index in [1.165, 1.54) is 6.42 Å². The summed E-state index contributed by atoms with van der Waals surface area (Å²) in [5, 5.41) is 0. The minimum Gasteiger partial charge on any atom is -0.493 e. The molecule has 2 rings (SSSR count). The zero-order valence-electron chi connectivity index (χ0n) is 13.7. The molecule has 0 N–H and O–H groups in total. The second-order valence-electron chi connectivity index (χ2n) is 5.79. The lowest BCUT2D eigenvalue weighted by molar-refractivity contribution is -0.135. The van der Waals surface area contributed by atoms with Gasteiger partial charge >= 0.3 is 0 Å². The first kappa shape index (κ1) is 16.4. The van der Waals surface area contributed by atoms with E-state index in [-0.39, 0.29) is 12.5 Å². The van der Waals surface area contributed by atoms with Crippen LogP contribution in [0.25, 0.3) is 6.08 Å². The van der Waals surface area contributed by atoms with Crippen LogP contribution >= 0.6 is 0 Å². The minimum absolute atomic E-state index is 0.0473. The van der Waals surface area contributed by atoms with Crippen LogP contribution in [0.5, 0.6) is 11.5 Å². The zero-order chi connectivity index (χ0) is 15.9. The summed E-state index contributed by atoms with van der Waals surface area (Å²) in [5.41, 5.74) is 1.04. The van der Waals surface area contributed by atoms with Crippen LogP contribution in [0.4, 0.5) is 0 Å². The molecule has 1 unspecified atom stereocenters. The summed E-state index contributed by atoms with van der Waals surface area (Å²) in [6.07, 6.45) is 6.24. The van der Waals surface area contributed by atoms with Crippen molar-refractivity contribution in [3.8, 4) is 11.5 Å². The Labute approximate surface area is 132 Å². The third kappa shape index (κ3) is 4.26. The monoisotopic (exact) mass is 303 g/mol. The number of likely N-dealkylation sites (tertiary alicyclic amines) is 1. The molecule has 1 saturated heterocycles. The van der Waals surface area contributed by atoms with Crippen molar-refractivity contribution in [3.05, 3.63) is 29.8 Å². The van der Waals surface area contributed by atoms with Crippen molar-refractivity contribution in [2.24, 2.45) is 5.92 Å². The standard InChI is InChI=1S/C18H25NO3/c1-4-6-15-8-9-16(17(11-15)21-3)22-13-18(20)19-10-5-7-14(2)12-19/h4,6,8-9,11,14H,5,7,10,12-13H2,1-3H3. The van der Waals surface area contributed by atoms with E-state index in [9.17, 15) is 4.79 Å². The van der Waals surface area contributed by atoms with E-state index in [0.717, 1.165) is 25.1 Å². The zero-order valence-corrected chi connectivity index (χ0v) is 13.7. The van der Waals surface area contributed by atoms with Crippen LogP contribution < -0.4 is 9.47 Å². The highest BCUT2D eigenvalue weighted by Crippen LogP contribution is 2.28. The average molecular weight is 303 g/mol. The second-order valence-corrected chi connectivity index (χ2v) is 5.79. The lowest BCUT2D eigenvalue weighted by atomic mass is 10.0. The van der Waals surface area contributed by atoms with Crippen molar-refractivity contribution >= 4 is 12.0 Å². The minimum atomic E-state index is 0.0473. The van der Waals surface area contributed by atoms with E-state index >= 15 is 0 Å². The largest absolute Gasteiger partial charge is 0.493 e. The van der Waals surface area contributed by atoms with Gasteiger partial charge in [0.05, 0.1) is 7.11 Å². The van der Waals surface area contributed by atoms with Gasteiger partial charge in [-0.15, -0.1) is 0 Å². The summed E-state index contributed by atoms with van der Waals surface area (Å²) in [6, 6.07) is 5.70. The molecule has 0 spiro atoms. The molecule has 1 aromatic carbocycles. The fourth-order valence-electron chi connectivity index (χ4n) is 2.75. The van der Waals surface area contributed by atoms with Crippen LogP contribution in [0.2, 0.25) is 0 Å². The Bertz CT molecular complexity index is 539. The maximum atomic E-state index is 12.2. The topological polar surface area (TPSA) is 38.8 Å². The number of ether oxygens (including phenoxy) is 2. The molecule has 0 saturated carbocycles. The van der Waals surface area contributed by atoms with Crippen LogP contribution in [-0.2, 0) is 4.79 Å². The molecular weight excluding hydrogens is 278 g/mol. The maximum absolute atomic E-state index is 12.2. The van der Waals surface area contributed by atoms with E-state index in [0.29, 0.717) is 17.4 Å². The smallest absolute Gasteiger partial charge is 0.260 e. The van der Waals surface area contributed by atoms with Crippen LogP contribution in [-0.4, -0.2) is 37.6 Å². The number of allylic oxidation sites excluding steroid dienone is 1. The number of rotatable bonds is 5. The Hall–Kier alpha value is -1.97. The molecular formula is C18H25NO3. The molecule has 0 bridgehead atoms. The Balaban J connectivity index is 1.97. The molecule has 0 aromatic heterocycles. The molecule has 120 valence electrons. The van der Waals surface area contributed by atoms with Crippen molar-refractivity contribution < 1.29 is 14.3 Å². The summed E-state index contributed by atoms with van der Waals surface area (Å²) in [7, 11) is 1.61. The van der Waals surface area contributed by atoms with Gasteiger partial charge < -0.3 is 14.4 Å². The average Bonchev–Trinajstić information content (AvgIpc) is 2.53.